The maximum atomic E-state index is 14.4. The molecule has 1 aliphatic rings. The highest BCUT2D eigenvalue weighted by Gasteiger charge is 2.23. The van der Waals surface area contributed by atoms with Crippen molar-refractivity contribution in [3.63, 3.8) is 0 Å². The lowest BCUT2D eigenvalue weighted by Gasteiger charge is -2.14. The van der Waals surface area contributed by atoms with Gasteiger partial charge < -0.3 is 9.47 Å². The molecule has 1 saturated carbocycles. The van der Waals surface area contributed by atoms with Gasteiger partial charge in [-0.05, 0) is 49.1 Å². The van der Waals surface area contributed by atoms with Gasteiger partial charge in [0.15, 0.2) is 0 Å². The van der Waals surface area contributed by atoms with Crippen molar-refractivity contribution in [1.82, 2.24) is 4.72 Å². The lowest BCUT2D eigenvalue weighted by atomic mass is 10.1. The van der Waals surface area contributed by atoms with Gasteiger partial charge in [-0.2, -0.15) is 0 Å². The first kappa shape index (κ1) is 21.4. The van der Waals surface area contributed by atoms with Crippen LogP contribution in [0.15, 0.2) is 41.3 Å². The summed E-state index contributed by atoms with van der Waals surface area (Å²) in [5.41, 5.74) is -0.486. The molecule has 0 heterocycles. The van der Waals surface area contributed by atoms with Crippen LogP contribution in [0.1, 0.15) is 36.0 Å². The van der Waals surface area contributed by atoms with Gasteiger partial charge in [0.25, 0.3) is 15.9 Å². The Bertz CT molecular complexity index is 989. The summed E-state index contributed by atoms with van der Waals surface area (Å²) in [5.74, 6) is -1.04. The minimum absolute atomic E-state index is 0.0383. The summed E-state index contributed by atoms with van der Waals surface area (Å²) in [6.07, 6.45) is 4.42. The van der Waals surface area contributed by atoms with Crippen molar-refractivity contribution in [2.75, 3.05) is 13.7 Å². The number of nitrogens with one attached hydrogen (secondary N) is 1. The van der Waals surface area contributed by atoms with Gasteiger partial charge >= 0.3 is 0 Å². The summed E-state index contributed by atoms with van der Waals surface area (Å²) < 4.78 is 51.6. The van der Waals surface area contributed by atoms with Gasteiger partial charge in [-0.3, -0.25) is 4.79 Å². The van der Waals surface area contributed by atoms with Crippen LogP contribution in [-0.4, -0.2) is 28.0 Å². The molecule has 0 atom stereocenters. The van der Waals surface area contributed by atoms with E-state index in [4.69, 9.17) is 21.1 Å². The van der Waals surface area contributed by atoms with Crippen molar-refractivity contribution in [2.24, 2.45) is 5.92 Å². The molecule has 0 aliphatic heterocycles. The number of sulfonamides is 1. The van der Waals surface area contributed by atoms with Gasteiger partial charge in [-0.15, -0.1) is 0 Å². The van der Waals surface area contributed by atoms with Gasteiger partial charge in [0.2, 0.25) is 0 Å². The Morgan fingerprint density at radius 2 is 1.86 bits per heavy atom. The smallest absolute Gasteiger partial charge is 0.268 e. The van der Waals surface area contributed by atoms with E-state index in [2.05, 4.69) is 0 Å². The molecule has 6 nitrogen and oxygen atoms in total. The average Bonchev–Trinajstić information content (AvgIpc) is 3.21. The fraction of sp³-hybridized carbons (Fsp3) is 0.350. The largest absolute Gasteiger partial charge is 0.497 e. The summed E-state index contributed by atoms with van der Waals surface area (Å²) in [4.78, 5) is 12.2. The first-order chi connectivity index (χ1) is 13.8. The molecule has 0 bridgehead atoms. The van der Waals surface area contributed by atoms with Crippen LogP contribution in [0.3, 0.4) is 0 Å². The number of amides is 1. The summed E-state index contributed by atoms with van der Waals surface area (Å²) in [7, 11) is -2.75. The van der Waals surface area contributed by atoms with Crippen LogP contribution in [0.4, 0.5) is 4.39 Å². The van der Waals surface area contributed by atoms with E-state index in [-0.39, 0.29) is 15.7 Å². The Morgan fingerprint density at radius 3 is 2.48 bits per heavy atom. The van der Waals surface area contributed by atoms with Gasteiger partial charge in [0.1, 0.15) is 17.3 Å². The number of carbonyl (C=O) groups is 1. The third-order valence-electron chi connectivity index (χ3n) is 4.81. The monoisotopic (exact) mass is 441 g/mol. The van der Waals surface area contributed by atoms with Crippen molar-refractivity contribution in [2.45, 2.75) is 30.6 Å². The van der Waals surface area contributed by atoms with Gasteiger partial charge in [0.05, 0.1) is 29.2 Å². The van der Waals surface area contributed by atoms with E-state index in [1.807, 2.05) is 4.72 Å². The Labute approximate surface area is 174 Å². The summed E-state index contributed by atoms with van der Waals surface area (Å²) in [6, 6.07) is 7.50. The standard InChI is InChI=1S/C20H21ClFNO5S/c1-27-14-6-8-15(9-7-14)29(25,26)23-20(24)16-10-17(21)19(11-18(16)22)28-12-13-4-2-3-5-13/h6-11,13H,2-5,12H2,1H3,(H,23,24). The van der Waals surface area contributed by atoms with Gasteiger partial charge in [0, 0.05) is 6.07 Å². The quantitative estimate of drug-likeness (QED) is 0.697. The summed E-state index contributed by atoms with van der Waals surface area (Å²) in [5, 5.41) is 0.0383. The van der Waals surface area contributed by atoms with E-state index >= 15 is 0 Å². The second-order valence-electron chi connectivity index (χ2n) is 6.83. The molecular weight excluding hydrogens is 421 g/mol. The van der Waals surface area contributed by atoms with Crippen LogP contribution in [0.2, 0.25) is 5.02 Å². The molecule has 29 heavy (non-hydrogen) atoms. The van der Waals surface area contributed by atoms with Crippen molar-refractivity contribution in [3.8, 4) is 11.5 Å². The van der Waals surface area contributed by atoms with Crippen molar-refractivity contribution in [3.05, 3.63) is 52.8 Å². The predicted molar refractivity (Wildman–Crippen MR) is 107 cm³/mol. The summed E-state index contributed by atoms with van der Waals surface area (Å²) >= 11 is 6.12. The molecule has 156 valence electrons. The Hall–Kier alpha value is -2.32. The molecule has 1 amide bonds. The number of ether oxygens (including phenoxy) is 2. The Morgan fingerprint density at radius 1 is 1.21 bits per heavy atom. The molecule has 3 rings (SSSR count). The lowest BCUT2D eigenvalue weighted by molar-refractivity contribution is 0.0977. The molecule has 1 fully saturated rings. The van der Waals surface area contributed by atoms with E-state index in [1.165, 1.54) is 31.4 Å². The average molecular weight is 442 g/mol. The Balaban J connectivity index is 1.73. The van der Waals surface area contributed by atoms with E-state index in [9.17, 15) is 17.6 Å². The molecule has 0 unspecified atom stereocenters. The first-order valence-electron chi connectivity index (χ1n) is 9.13. The normalized spacial score (nSPS) is 14.6. The molecule has 2 aromatic rings. The van der Waals surface area contributed by atoms with Crippen LogP contribution < -0.4 is 14.2 Å². The third-order valence-corrected chi connectivity index (χ3v) is 6.45. The second kappa shape index (κ2) is 9.00. The minimum atomic E-state index is -4.19. The third kappa shape index (κ3) is 5.19. The second-order valence-corrected chi connectivity index (χ2v) is 8.92. The lowest BCUT2D eigenvalue weighted by Crippen LogP contribution is -2.31. The highest BCUT2D eigenvalue weighted by molar-refractivity contribution is 7.90. The van der Waals surface area contributed by atoms with Crippen molar-refractivity contribution in [1.29, 1.82) is 0 Å². The Kier molecular flexibility index (Phi) is 6.64. The fourth-order valence-corrected chi connectivity index (χ4v) is 4.37. The molecule has 2 aromatic carbocycles. The number of methoxy groups -OCH3 is 1. The first-order valence-corrected chi connectivity index (χ1v) is 11.0. The molecule has 0 saturated heterocycles. The van der Waals surface area contributed by atoms with Crippen molar-refractivity contribution >= 4 is 27.5 Å². The molecule has 1 N–H and O–H groups in total. The maximum Gasteiger partial charge on any atom is 0.268 e. The van der Waals surface area contributed by atoms with Crippen LogP contribution in [0, 0.1) is 11.7 Å². The van der Waals surface area contributed by atoms with E-state index < -0.39 is 27.3 Å². The molecular formula is C20H21ClFNO5S. The number of rotatable bonds is 7. The zero-order valence-electron chi connectivity index (χ0n) is 15.8. The SMILES string of the molecule is COc1ccc(S(=O)(=O)NC(=O)c2cc(Cl)c(OCC3CCCC3)cc2F)cc1. The van der Waals surface area contributed by atoms with Crippen molar-refractivity contribution < 1.29 is 27.1 Å². The predicted octanol–water partition coefficient (Wildman–Crippen LogP) is 4.18. The highest BCUT2D eigenvalue weighted by Crippen LogP contribution is 2.31. The number of halogens is 2. The summed E-state index contributed by atoms with van der Waals surface area (Å²) in [6.45, 7) is 0.427. The molecule has 1 aliphatic carbocycles. The molecule has 0 aromatic heterocycles. The van der Waals surface area contributed by atoms with E-state index in [1.54, 1.807) is 0 Å². The van der Waals surface area contributed by atoms with E-state index in [0.29, 0.717) is 18.3 Å². The zero-order valence-corrected chi connectivity index (χ0v) is 17.4. The molecule has 9 heteroatoms. The topological polar surface area (TPSA) is 81.7 Å². The number of carbonyl (C=O) groups excluding carboxylic acids is 1. The van der Waals surface area contributed by atoms with Crippen LogP contribution in [-0.2, 0) is 10.0 Å². The fourth-order valence-electron chi connectivity index (χ4n) is 3.19. The highest BCUT2D eigenvalue weighted by atomic mass is 35.5. The van der Waals surface area contributed by atoms with E-state index in [0.717, 1.165) is 37.8 Å². The number of hydrogen-bond acceptors (Lipinski definition) is 5. The van der Waals surface area contributed by atoms with Gasteiger partial charge in [-0.25, -0.2) is 17.5 Å². The maximum absolute atomic E-state index is 14.4. The molecule has 0 spiro atoms. The van der Waals surface area contributed by atoms with Crippen LogP contribution in [0.25, 0.3) is 0 Å². The number of benzene rings is 2. The van der Waals surface area contributed by atoms with Crippen LogP contribution >= 0.6 is 11.6 Å². The van der Waals surface area contributed by atoms with Gasteiger partial charge in [-0.1, -0.05) is 24.4 Å². The zero-order chi connectivity index (χ0) is 21.0. The minimum Gasteiger partial charge on any atom is -0.497 e. The molecule has 0 radical (unpaired) electrons. The van der Waals surface area contributed by atoms with Crippen LogP contribution in [0.5, 0.6) is 11.5 Å². The number of hydrogen-bond donors (Lipinski definition) is 1.